The van der Waals surface area contributed by atoms with Crippen LogP contribution in [0.1, 0.15) is 49.4 Å². The molecule has 27 heavy (non-hydrogen) atoms. The normalized spacial score (nSPS) is 19.9. The lowest BCUT2D eigenvalue weighted by atomic mass is 9.86. The third-order valence-electron chi connectivity index (χ3n) is 6.11. The van der Waals surface area contributed by atoms with E-state index in [1.807, 2.05) is 0 Å². The number of hydrogen-bond acceptors (Lipinski definition) is 3. The average molecular weight is 382 g/mol. The Hall–Kier alpha value is -2.00. The van der Waals surface area contributed by atoms with Gasteiger partial charge in [-0.1, -0.05) is 43.8 Å². The smallest absolute Gasteiger partial charge is 0.0727 e. The Bertz CT molecular complexity index is 909. The number of allylic oxidation sites excluding steroid dienone is 1. The summed E-state index contributed by atoms with van der Waals surface area (Å²) >= 11 is 6.79. The molecule has 0 amide bonds. The van der Waals surface area contributed by atoms with Crippen LogP contribution in [0, 0.1) is 0 Å². The molecule has 1 atom stereocenters. The second kappa shape index (κ2) is 7.20. The van der Waals surface area contributed by atoms with Crippen molar-refractivity contribution in [3.8, 4) is 0 Å². The van der Waals surface area contributed by atoms with Crippen molar-refractivity contribution in [1.82, 2.24) is 14.8 Å². The van der Waals surface area contributed by atoms with Gasteiger partial charge in [-0.2, -0.15) is 0 Å². The Labute approximate surface area is 167 Å². The lowest BCUT2D eigenvalue weighted by Crippen LogP contribution is -2.44. The van der Waals surface area contributed by atoms with Crippen molar-refractivity contribution in [3.63, 3.8) is 0 Å². The maximum Gasteiger partial charge on any atom is 0.0727 e. The van der Waals surface area contributed by atoms with E-state index in [0.717, 1.165) is 65.5 Å². The third kappa shape index (κ3) is 3.34. The van der Waals surface area contributed by atoms with E-state index in [-0.39, 0.29) is 0 Å². The van der Waals surface area contributed by atoms with Gasteiger partial charge in [-0.25, -0.2) is 0 Å². The first kappa shape index (κ1) is 18.4. The second-order valence-corrected chi connectivity index (χ2v) is 8.35. The first-order valence-electron chi connectivity index (χ1n) is 9.92. The average Bonchev–Trinajstić information content (AvgIpc) is 2.67. The molecule has 4 heteroatoms. The fraction of sp³-hybridized carbons (Fsp3) is 0.435. The van der Waals surface area contributed by atoms with Gasteiger partial charge in [0, 0.05) is 48.7 Å². The van der Waals surface area contributed by atoms with E-state index < -0.39 is 0 Å². The quantitative estimate of drug-likeness (QED) is 0.704. The number of aryl methyl sites for hydroxylation is 1. The van der Waals surface area contributed by atoms with E-state index in [0.29, 0.717) is 5.92 Å². The van der Waals surface area contributed by atoms with Crippen LogP contribution in [-0.4, -0.2) is 41.0 Å². The Morgan fingerprint density at radius 2 is 1.85 bits per heavy atom. The highest BCUT2D eigenvalue weighted by Crippen LogP contribution is 2.39. The maximum absolute atomic E-state index is 6.79. The standard InChI is InChI=1S/C23H28ClN3/c1-15(2)26-10-12-27(13-11-26)17(4)18-8-9-19-21(14-18)25-20-7-5-6-16(3)22(20)23(19)24/h8-9,14,16H,1,4-7,10-13H2,2-3H3. The number of halogens is 1. The SMILES string of the molecule is C=C(C)N1CCN(C(=C)c2ccc3c(Cl)c4c(nc3c2)CCCC4C)CC1. The third-order valence-corrected chi connectivity index (χ3v) is 6.52. The fourth-order valence-corrected chi connectivity index (χ4v) is 4.87. The van der Waals surface area contributed by atoms with Crippen LogP contribution in [0.2, 0.25) is 5.02 Å². The van der Waals surface area contributed by atoms with E-state index in [4.69, 9.17) is 16.6 Å². The highest BCUT2D eigenvalue weighted by Gasteiger charge is 2.23. The molecular weight excluding hydrogens is 354 g/mol. The summed E-state index contributed by atoms with van der Waals surface area (Å²) in [6.45, 7) is 16.7. The Morgan fingerprint density at radius 1 is 1.15 bits per heavy atom. The first-order chi connectivity index (χ1) is 13.0. The molecule has 0 saturated carbocycles. The Kier molecular flexibility index (Phi) is 4.90. The molecule has 1 aromatic carbocycles. The van der Waals surface area contributed by atoms with Gasteiger partial charge in [0.2, 0.25) is 0 Å². The van der Waals surface area contributed by atoms with Gasteiger partial charge < -0.3 is 9.80 Å². The van der Waals surface area contributed by atoms with Crippen LogP contribution in [0.25, 0.3) is 16.6 Å². The lowest BCUT2D eigenvalue weighted by Gasteiger charge is -2.38. The van der Waals surface area contributed by atoms with Crippen molar-refractivity contribution in [2.45, 2.75) is 39.0 Å². The molecule has 0 spiro atoms. The molecule has 142 valence electrons. The van der Waals surface area contributed by atoms with E-state index in [1.165, 1.54) is 24.1 Å². The lowest BCUT2D eigenvalue weighted by molar-refractivity contribution is 0.215. The van der Waals surface area contributed by atoms with Gasteiger partial charge in [-0.3, -0.25) is 4.98 Å². The van der Waals surface area contributed by atoms with Crippen molar-refractivity contribution in [2.75, 3.05) is 26.2 Å². The zero-order valence-corrected chi connectivity index (χ0v) is 17.1. The van der Waals surface area contributed by atoms with E-state index >= 15 is 0 Å². The summed E-state index contributed by atoms with van der Waals surface area (Å²) in [6.07, 6.45) is 3.43. The molecule has 1 saturated heterocycles. The summed E-state index contributed by atoms with van der Waals surface area (Å²) in [6, 6.07) is 6.42. The predicted octanol–water partition coefficient (Wildman–Crippen LogP) is 5.45. The molecule has 4 rings (SSSR count). The molecule has 1 aliphatic carbocycles. The molecule has 0 bridgehead atoms. The second-order valence-electron chi connectivity index (χ2n) is 7.97. The zero-order valence-electron chi connectivity index (χ0n) is 16.4. The molecule has 0 radical (unpaired) electrons. The van der Waals surface area contributed by atoms with Gasteiger partial charge in [0.05, 0.1) is 10.5 Å². The number of nitrogens with zero attached hydrogens (tertiary/aromatic N) is 3. The molecule has 1 unspecified atom stereocenters. The molecule has 2 aromatic rings. The van der Waals surface area contributed by atoms with Crippen LogP contribution in [0.3, 0.4) is 0 Å². The highest BCUT2D eigenvalue weighted by molar-refractivity contribution is 6.36. The van der Waals surface area contributed by atoms with Gasteiger partial charge >= 0.3 is 0 Å². The Morgan fingerprint density at radius 3 is 2.56 bits per heavy atom. The van der Waals surface area contributed by atoms with E-state index in [2.05, 4.69) is 55.0 Å². The number of piperazine rings is 1. The van der Waals surface area contributed by atoms with Crippen LogP contribution in [-0.2, 0) is 6.42 Å². The van der Waals surface area contributed by atoms with Crippen molar-refractivity contribution in [1.29, 1.82) is 0 Å². The summed E-state index contributed by atoms with van der Waals surface area (Å²) in [7, 11) is 0. The van der Waals surface area contributed by atoms with Crippen molar-refractivity contribution in [3.05, 3.63) is 58.9 Å². The minimum absolute atomic E-state index is 0.498. The number of aromatic nitrogens is 1. The van der Waals surface area contributed by atoms with Crippen LogP contribution >= 0.6 is 11.6 Å². The van der Waals surface area contributed by atoms with Gasteiger partial charge in [-0.05, 0) is 49.3 Å². The van der Waals surface area contributed by atoms with Crippen LogP contribution in [0.15, 0.2) is 37.1 Å². The number of fused-ring (bicyclic) bond motifs is 2. The molecule has 1 aliphatic heterocycles. The Balaban J connectivity index is 1.63. The monoisotopic (exact) mass is 381 g/mol. The van der Waals surface area contributed by atoms with Crippen molar-refractivity contribution < 1.29 is 0 Å². The summed E-state index contributed by atoms with van der Waals surface area (Å²) in [5.41, 5.74) is 6.79. The molecule has 0 N–H and O–H groups in total. The topological polar surface area (TPSA) is 19.4 Å². The maximum atomic E-state index is 6.79. The van der Waals surface area contributed by atoms with Gasteiger partial charge in [0.25, 0.3) is 0 Å². The zero-order chi connectivity index (χ0) is 19.1. The minimum atomic E-state index is 0.498. The van der Waals surface area contributed by atoms with E-state index in [1.54, 1.807) is 0 Å². The van der Waals surface area contributed by atoms with Crippen LogP contribution < -0.4 is 0 Å². The molecule has 2 heterocycles. The van der Waals surface area contributed by atoms with Crippen LogP contribution in [0.5, 0.6) is 0 Å². The van der Waals surface area contributed by atoms with Crippen molar-refractivity contribution in [2.24, 2.45) is 0 Å². The number of benzene rings is 1. The summed E-state index contributed by atoms with van der Waals surface area (Å²) in [4.78, 5) is 9.68. The molecule has 1 aromatic heterocycles. The minimum Gasteiger partial charge on any atom is -0.372 e. The van der Waals surface area contributed by atoms with Gasteiger partial charge in [-0.15, -0.1) is 0 Å². The number of pyridine rings is 1. The van der Waals surface area contributed by atoms with Gasteiger partial charge in [0.1, 0.15) is 0 Å². The molecule has 1 fully saturated rings. The molecule has 3 nitrogen and oxygen atoms in total. The fourth-order valence-electron chi connectivity index (χ4n) is 4.42. The summed E-state index contributed by atoms with van der Waals surface area (Å²) < 4.78 is 0. The number of hydrogen-bond donors (Lipinski definition) is 0. The molecular formula is C23H28ClN3. The summed E-state index contributed by atoms with van der Waals surface area (Å²) in [5, 5.41) is 1.96. The first-order valence-corrected chi connectivity index (χ1v) is 10.3. The van der Waals surface area contributed by atoms with Crippen molar-refractivity contribution >= 4 is 28.2 Å². The largest absolute Gasteiger partial charge is 0.372 e. The van der Waals surface area contributed by atoms with Crippen LogP contribution in [0.4, 0.5) is 0 Å². The predicted molar refractivity (Wildman–Crippen MR) is 115 cm³/mol. The number of rotatable bonds is 3. The highest BCUT2D eigenvalue weighted by atomic mass is 35.5. The summed E-state index contributed by atoms with van der Waals surface area (Å²) in [5.74, 6) is 0.498. The molecule has 2 aliphatic rings. The van der Waals surface area contributed by atoms with E-state index in [9.17, 15) is 0 Å². The van der Waals surface area contributed by atoms with Gasteiger partial charge in [0.15, 0.2) is 0 Å².